The van der Waals surface area contributed by atoms with Gasteiger partial charge in [0.1, 0.15) is 0 Å². The van der Waals surface area contributed by atoms with Gasteiger partial charge in [-0.15, -0.1) is 0 Å². The van der Waals surface area contributed by atoms with Crippen LogP contribution in [0.4, 0.5) is 0 Å². The fourth-order valence-electron chi connectivity index (χ4n) is 0.922. The van der Waals surface area contributed by atoms with Crippen molar-refractivity contribution in [3.63, 3.8) is 0 Å². The Bertz CT molecular complexity index is 212. The summed E-state index contributed by atoms with van der Waals surface area (Å²) in [6.07, 6.45) is 1.95. The van der Waals surface area contributed by atoms with Crippen molar-refractivity contribution in [3.8, 4) is 0 Å². The van der Waals surface area contributed by atoms with E-state index < -0.39 is 5.97 Å². The van der Waals surface area contributed by atoms with Crippen LogP contribution in [0.25, 0.3) is 0 Å². The second kappa shape index (κ2) is 11.1. The van der Waals surface area contributed by atoms with E-state index in [-0.39, 0.29) is 12.3 Å². The molecule has 0 atom stereocenters. The molecule has 0 heterocycles. The molecule has 0 saturated heterocycles. The number of rotatable bonds is 10. The maximum Gasteiger partial charge on any atom is 0.303 e. The molecular weight excluding hydrogens is 246 g/mol. The molecule has 0 aromatic carbocycles. The summed E-state index contributed by atoms with van der Waals surface area (Å²) in [5.41, 5.74) is 0. The highest BCUT2D eigenvalue weighted by atomic mass is 33.1. The Morgan fingerprint density at radius 3 is 2.50 bits per heavy atom. The van der Waals surface area contributed by atoms with Crippen molar-refractivity contribution in [2.75, 3.05) is 18.1 Å². The van der Waals surface area contributed by atoms with Gasteiger partial charge in [0.15, 0.2) is 0 Å². The average molecular weight is 265 g/mol. The topological polar surface area (TPSA) is 66.4 Å². The lowest BCUT2D eigenvalue weighted by Crippen LogP contribution is -2.25. The molecule has 0 unspecified atom stereocenters. The molecule has 0 radical (unpaired) electrons. The number of carboxylic acid groups (broad SMARTS) is 1. The summed E-state index contributed by atoms with van der Waals surface area (Å²) in [5.74, 6) is 1.13. The van der Waals surface area contributed by atoms with Crippen molar-refractivity contribution in [2.24, 2.45) is 0 Å². The number of carboxylic acids is 1. The summed E-state index contributed by atoms with van der Waals surface area (Å²) >= 11 is 0. The average Bonchev–Trinajstić information content (AvgIpc) is 2.22. The Balaban J connectivity index is 3.20. The highest BCUT2D eigenvalue weighted by molar-refractivity contribution is 8.76. The molecule has 0 aliphatic heterocycles. The number of hydrogen-bond acceptors (Lipinski definition) is 4. The molecule has 94 valence electrons. The van der Waals surface area contributed by atoms with Crippen molar-refractivity contribution in [3.05, 3.63) is 0 Å². The van der Waals surface area contributed by atoms with Gasteiger partial charge in [-0.05, 0) is 12.8 Å². The molecule has 0 spiro atoms. The van der Waals surface area contributed by atoms with E-state index in [0.29, 0.717) is 19.4 Å². The van der Waals surface area contributed by atoms with Crippen LogP contribution in [0.5, 0.6) is 0 Å². The SMILES string of the molecule is CCCSSCCNC(=O)CCCC(=O)O. The summed E-state index contributed by atoms with van der Waals surface area (Å²) in [5, 5.41) is 11.2. The van der Waals surface area contributed by atoms with Crippen molar-refractivity contribution in [1.29, 1.82) is 0 Å². The second-order valence-electron chi connectivity index (χ2n) is 3.24. The van der Waals surface area contributed by atoms with Crippen molar-refractivity contribution in [1.82, 2.24) is 5.32 Å². The quantitative estimate of drug-likeness (QED) is 0.468. The first-order valence-electron chi connectivity index (χ1n) is 5.39. The van der Waals surface area contributed by atoms with Crippen LogP contribution in [0.3, 0.4) is 0 Å². The molecule has 0 aliphatic rings. The van der Waals surface area contributed by atoms with Crippen LogP contribution < -0.4 is 5.32 Å². The van der Waals surface area contributed by atoms with Crippen LogP contribution >= 0.6 is 21.6 Å². The largest absolute Gasteiger partial charge is 0.481 e. The first-order chi connectivity index (χ1) is 7.66. The maximum atomic E-state index is 11.2. The Morgan fingerprint density at radius 2 is 1.88 bits per heavy atom. The number of carbonyl (C=O) groups excluding carboxylic acids is 1. The third-order valence-electron chi connectivity index (χ3n) is 1.67. The van der Waals surface area contributed by atoms with Gasteiger partial charge >= 0.3 is 5.97 Å². The summed E-state index contributed by atoms with van der Waals surface area (Å²) < 4.78 is 0. The van der Waals surface area contributed by atoms with E-state index in [0.717, 1.165) is 11.5 Å². The Hall–Kier alpha value is -0.360. The van der Waals surface area contributed by atoms with Gasteiger partial charge in [0.2, 0.25) is 5.91 Å². The molecule has 0 aliphatic carbocycles. The lowest BCUT2D eigenvalue weighted by atomic mass is 10.2. The van der Waals surface area contributed by atoms with Gasteiger partial charge in [-0.2, -0.15) is 0 Å². The Labute approximate surface area is 104 Å². The summed E-state index contributed by atoms with van der Waals surface area (Å²) in [6.45, 7) is 2.80. The summed E-state index contributed by atoms with van der Waals surface area (Å²) in [6, 6.07) is 0. The number of amides is 1. The molecule has 2 N–H and O–H groups in total. The molecule has 4 nitrogen and oxygen atoms in total. The Kier molecular flexibility index (Phi) is 10.9. The molecule has 0 aromatic heterocycles. The fraction of sp³-hybridized carbons (Fsp3) is 0.800. The predicted molar refractivity (Wildman–Crippen MR) is 69.7 cm³/mol. The van der Waals surface area contributed by atoms with Crippen LogP contribution in [-0.4, -0.2) is 35.0 Å². The fourth-order valence-corrected chi connectivity index (χ4v) is 2.97. The summed E-state index contributed by atoms with van der Waals surface area (Å²) in [4.78, 5) is 21.4. The second-order valence-corrected chi connectivity index (χ2v) is 5.94. The van der Waals surface area contributed by atoms with Crippen LogP contribution in [0.2, 0.25) is 0 Å². The molecule has 1 amide bonds. The lowest BCUT2D eigenvalue weighted by molar-refractivity contribution is -0.137. The van der Waals surface area contributed by atoms with E-state index in [9.17, 15) is 9.59 Å². The van der Waals surface area contributed by atoms with Crippen LogP contribution in [0.1, 0.15) is 32.6 Å². The molecule has 0 saturated carbocycles. The van der Waals surface area contributed by atoms with Crippen molar-refractivity contribution >= 4 is 33.5 Å². The van der Waals surface area contributed by atoms with Gasteiger partial charge in [0.25, 0.3) is 0 Å². The van der Waals surface area contributed by atoms with Crippen LogP contribution in [0.15, 0.2) is 0 Å². The first kappa shape index (κ1) is 15.6. The van der Waals surface area contributed by atoms with Crippen molar-refractivity contribution in [2.45, 2.75) is 32.6 Å². The van der Waals surface area contributed by atoms with E-state index in [1.807, 2.05) is 10.8 Å². The van der Waals surface area contributed by atoms with E-state index in [1.54, 1.807) is 10.8 Å². The molecule has 6 heteroatoms. The maximum absolute atomic E-state index is 11.2. The number of hydrogen-bond donors (Lipinski definition) is 2. The van der Waals surface area contributed by atoms with E-state index in [4.69, 9.17) is 5.11 Å². The molecule has 0 fully saturated rings. The number of nitrogens with one attached hydrogen (secondary N) is 1. The number of carbonyl (C=O) groups is 2. The normalized spacial score (nSPS) is 10.1. The van der Waals surface area contributed by atoms with E-state index >= 15 is 0 Å². The van der Waals surface area contributed by atoms with Gasteiger partial charge in [-0.1, -0.05) is 28.5 Å². The molecule has 16 heavy (non-hydrogen) atoms. The standard InChI is InChI=1S/C10H19NO3S2/c1-2-7-15-16-8-6-11-9(12)4-3-5-10(13)14/h2-8H2,1H3,(H,11,12)(H,13,14). The minimum Gasteiger partial charge on any atom is -0.481 e. The highest BCUT2D eigenvalue weighted by Crippen LogP contribution is 2.20. The summed E-state index contributed by atoms with van der Waals surface area (Å²) in [7, 11) is 3.57. The van der Waals surface area contributed by atoms with E-state index in [1.165, 1.54) is 6.42 Å². The van der Waals surface area contributed by atoms with Gasteiger partial charge in [-0.3, -0.25) is 9.59 Å². The van der Waals surface area contributed by atoms with Crippen LogP contribution in [0, 0.1) is 0 Å². The van der Waals surface area contributed by atoms with Gasteiger partial charge in [-0.25, -0.2) is 0 Å². The zero-order valence-corrected chi connectivity index (χ0v) is 11.2. The third-order valence-corrected chi connectivity index (χ3v) is 4.29. The molecular formula is C10H19NO3S2. The van der Waals surface area contributed by atoms with Gasteiger partial charge in [0, 0.05) is 30.9 Å². The van der Waals surface area contributed by atoms with E-state index in [2.05, 4.69) is 12.2 Å². The third kappa shape index (κ3) is 11.7. The minimum absolute atomic E-state index is 0.0534. The smallest absolute Gasteiger partial charge is 0.303 e. The van der Waals surface area contributed by atoms with Crippen LogP contribution in [-0.2, 0) is 9.59 Å². The van der Waals surface area contributed by atoms with Gasteiger partial charge in [0.05, 0.1) is 0 Å². The Morgan fingerprint density at radius 1 is 1.19 bits per heavy atom. The highest BCUT2D eigenvalue weighted by Gasteiger charge is 2.02. The van der Waals surface area contributed by atoms with Gasteiger partial charge < -0.3 is 10.4 Å². The monoisotopic (exact) mass is 265 g/mol. The van der Waals surface area contributed by atoms with Crippen molar-refractivity contribution < 1.29 is 14.7 Å². The molecule has 0 rings (SSSR count). The first-order valence-corrected chi connectivity index (χ1v) is 7.88. The zero-order chi connectivity index (χ0) is 12.2. The number of aliphatic carboxylic acids is 1. The lowest BCUT2D eigenvalue weighted by Gasteiger charge is -2.03. The minimum atomic E-state index is -0.848. The molecule has 0 aromatic rings. The zero-order valence-electron chi connectivity index (χ0n) is 9.53. The molecule has 0 bridgehead atoms. The predicted octanol–water partition coefficient (Wildman–Crippen LogP) is 2.15.